The first-order chi connectivity index (χ1) is 27.1. The molecule has 0 saturated carbocycles. The maximum Gasteiger partial charge on any atom is 0.261 e. The normalized spacial score (nSPS) is 15.0. The number of rotatable bonds is 22. The van der Waals surface area contributed by atoms with Crippen LogP contribution in [0.25, 0.3) is 0 Å². The van der Waals surface area contributed by atoms with Gasteiger partial charge in [0.15, 0.2) is 8.32 Å². The predicted octanol–water partition coefficient (Wildman–Crippen LogP) is 12.4. The highest BCUT2D eigenvalue weighted by atomic mass is 28.4. The Morgan fingerprint density at radius 3 is 1.58 bits per heavy atom. The summed E-state index contributed by atoms with van der Waals surface area (Å²) in [6.45, 7) is 27.9. The monoisotopic (exact) mass is 807 g/mol. The lowest BCUT2D eigenvalue weighted by Gasteiger charge is -2.44. The summed E-state index contributed by atoms with van der Waals surface area (Å²) in [6, 6.07) is 41.1. The molecule has 0 aliphatic heterocycles. The lowest BCUT2D eigenvalue weighted by molar-refractivity contribution is 0.00331. The van der Waals surface area contributed by atoms with Gasteiger partial charge >= 0.3 is 0 Å². The average Bonchev–Trinajstić information content (AvgIpc) is 3.19. The summed E-state index contributed by atoms with van der Waals surface area (Å²) in [6.07, 6.45) is 6.66. The second-order valence-corrected chi connectivity index (χ2v) is 28.0. The standard InChI is InChI=1S/C51H74O4Si2/c1-39(2)56(40(3)4,41(5)6)54-35-34-50(53-38-45-22-16-13-17-23-45)42(7)28-31-46(36-44-29-32-47(52-12)33-30-44)43(8)37-55-57(51(9,10)11,48-24-18-14-19-25-48)49-26-20-15-21-27-49/h13-33,39-43,46,50H,34-38H2,1-12H3/b31-28-/t42-,43-,46+,50+/m0/s1. The Bertz CT molecular complexity index is 1670. The number of ether oxygens (including phenoxy) is 2. The molecule has 4 atom stereocenters. The highest BCUT2D eigenvalue weighted by Crippen LogP contribution is 2.42. The van der Waals surface area contributed by atoms with E-state index in [4.69, 9.17) is 18.3 Å². The number of hydrogen-bond donors (Lipinski definition) is 0. The van der Waals surface area contributed by atoms with E-state index in [9.17, 15) is 0 Å². The fraction of sp³-hybridized carbons (Fsp3) is 0.490. The van der Waals surface area contributed by atoms with Gasteiger partial charge in [0.05, 0.1) is 19.8 Å². The van der Waals surface area contributed by atoms with Gasteiger partial charge in [-0.1, -0.05) is 191 Å². The van der Waals surface area contributed by atoms with Gasteiger partial charge in [0.25, 0.3) is 8.32 Å². The van der Waals surface area contributed by atoms with Crippen molar-refractivity contribution in [3.8, 4) is 5.75 Å². The van der Waals surface area contributed by atoms with E-state index in [0.29, 0.717) is 29.8 Å². The Kier molecular flexibility index (Phi) is 17.6. The van der Waals surface area contributed by atoms with E-state index < -0.39 is 16.6 Å². The first-order valence-corrected chi connectivity index (χ1v) is 25.6. The van der Waals surface area contributed by atoms with Crippen molar-refractivity contribution >= 4 is 27.0 Å². The Balaban J connectivity index is 1.65. The van der Waals surface area contributed by atoms with Crippen LogP contribution < -0.4 is 15.1 Å². The van der Waals surface area contributed by atoms with Crippen LogP contribution in [0.5, 0.6) is 5.75 Å². The van der Waals surface area contributed by atoms with Crippen LogP contribution in [-0.4, -0.2) is 43.1 Å². The van der Waals surface area contributed by atoms with Gasteiger partial charge in [-0.2, -0.15) is 0 Å². The fourth-order valence-electron chi connectivity index (χ4n) is 9.20. The molecule has 0 unspecified atom stereocenters. The van der Waals surface area contributed by atoms with Crippen molar-refractivity contribution in [2.45, 2.75) is 123 Å². The highest BCUT2D eigenvalue weighted by Gasteiger charge is 2.50. The molecule has 0 fully saturated rings. The van der Waals surface area contributed by atoms with Crippen molar-refractivity contribution in [1.29, 1.82) is 0 Å². The molecular formula is C51H74O4Si2. The second kappa shape index (κ2) is 21.7. The molecule has 6 heteroatoms. The Hall–Kier alpha value is -3.27. The van der Waals surface area contributed by atoms with Gasteiger partial charge in [0, 0.05) is 19.1 Å². The summed E-state index contributed by atoms with van der Waals surface area (Å²) >= 11 is 0. The summed E-state index contributed by atoms with van der Waals surface area (Å²) in [5.74, 6) is 1.56. The maximum atomic E-state index is 7.52. The summed E-state index contributed by atoms with van der Waals surface area (Å²) in [5.41, 5.74) is 4.12. The zero-order valence-electron chi connectivity index (χ0n) is 37.3. The van der Waals surface area contributed by atoms with Gasteiger partial charge in [-0.25, -0.2) is 0 Å². The zero-order chi connectivity index (χ0) is 41.6. The molecule has 0 aliphatic carbocycles. The molecule has 4 aromatic rings. The summed E-state index contributed by atoms with van der Waals surface area (Å²) < 4.78 is 26.9. The molecule has 4 nitrogen and oxygen atoms in total. The third kappa shape index (κ3) is 11.9. The van der Waals surface area contributed by atoms with Crippen LogP contribution in [0.4, 0.5) is 0 Å². The van der Waals surface area contributed by atoms with Crippen molar-refractivity contribution in [3.05, 3.63) is 139 Å². The van der Waals surface area contributed by atoms with Gasteiger partial charge in [0.1, 0.15) is 5.75 Å². The molecular weight excluding hydrogens is 733 g/mol. The van der Waals surface area contributed by atoms with E-state index in [-0.39, 0.29) is 28.9 Å². The van der Waals surface area contributed by atoms with Crippen molar-refractivity contribution in [2.24, 2.45) is 17.8 Å². The largest absolute Gasteiger partial charge is 0.497 e. The van der Waals surface area contributed by atoms with E-state index >= 15 is 0 Å². The van der Waals surface area contributed by atoms with E-state index in [0.717, 1.165) is 25.2 Å². The molecule has 0 amide bonds. The topological polar surface area (TPSA) is 36.9 Å². The summed E-state index contributed by atoms with van der Waals surface area (Å²) in [4.78, 5) is 0. The summed E-state index contributed by atoms with van der Waals surface area (Å²) in [7, 11) is -2.97. The minimum atomic E-state index is -2.69. The van der Waals surface area contributed by atoms with Crippen LogP contribution in [-0.2, 0) is 26.6 Å². The molecule has 0 aliphatic rings. The third-order valence-corrected chi connectivity index (χ3v) is 23.5. The third-order valence-electron chi connectivity index (χ3n) is 12.4. The molecule has 0 N–H and O–H groups in total. The minimum Gasteiger partial charge on any atom is -0.497 e. The Labute approximate surface area is 349 Å². The minimum absolute atomic E-state index is 0.0185. The Morgan fingerprint density at radius 2 is 1.11 bits per heavy atom. The van der Waals surface area contributed by atoms with E-state index in [1.807, 2.05) is 0 Å². The number of allylic oxidation sites excluding steroid dienone is 1. The van der Waals surface area contributed by atoms with E-state index in [1.165, 1.54) is 21.5 Å². The van der Waals surface area contributed by atoms with Gasteiger partial charge < -0.3 is 18.3 Å². The van der Waals surface area contributed by atoms with Crippen LogP contribution in [0.3, 0.4) is 0 Å². The van der Waals surface area contributed by atoms with E-state index in [1.54, 1.807) is 7.11 Å². The molecule has 0 saturated heterocycles. The first kappa shape index (κ1) is 46.4. The molecule has 0 heterocycles. The van der Waals surface area contributed by atoms with Gasteiger partial charge in [-0.3, -0.25) is 0 Å². The smallest absolute Gasteiger partial charge is 0.261 e. The number of benzene rings is 4. The maximum absolute atomic E-state index is 7.52. The lowest BCUT2D eigenvalue weighted by Crippen LogP contribution is -2.67. The molecule has 57 heavy (non-hydrogen) atoms. The lowest BCUT2D eigenvalue weighted by atomic mass is 9.86. The molecule has 4 aromatic carbocycles. The van der Waals surface area contributed by atoms with Crippen LogP contribution >= 0.6 is 0 Å². The van der Waals surface area contributed by atoms with E-state index in [2.05, 4.69) is 204 Å². The molecule has 0 radical (unpaired) electrons. The van der Waals surface area contributed by atoms with Crippen molar-refractivity contribution < 1.29 is 18.3 Å². The van der Waals surface area contributed by atoms with Gasteiger partial charge in [-0.05, 0) is 80.0 Å². The predicted molar refractivity (Wildman–Crippen MR) is 248 cm³/mol. The molecule has 0 aromatic heterocycles. The SMILES string of the molecule is COc1ccc(C[C@@H](/C=C\[C@H](C)[C@@H](CCO[Si](C(C)C)(C(C)C)C(C)C)OCc2ccccc2)[C@@H](C)CO[Si](c2ccccc2)(c2ccccc2)C(C)(C)C)cc1. The van der Waals surface area contributed by atoms with Gasteiger partial charge in [-0.15, -0.1) is 0 Å². The quantitative estimate of drug-likeness (QED) is 0.0585. The van der Waals surface area contributed by atoms with Gasteiger partial charge in [0.2, 0.25) is 0 Å². The van der Waals surface area contributed by atoms with Crippen LogP contribution in [0.15, 0.2) is 127 Å². The van der Waals surface area contributed by atoms with Crippen molar-refractivity contribution in [2.75, 3.05) is 20.3 Å². The Morgan fingerprint density at radius 1 is 0.596 bits per heavy atom. The first-order valence-electron chi connectivity index (χ1n) is 21.5. The molecule has 0 spiro atoms. The van der Waals surface area contributed by atoms with Crippen molar-refractivity contribution in [1.82, 2.24) is 0 Å². The summed E-state index contributed by atoms with van der Waals surface area (Å²) in [5, 5.41) is 2.54. The highest BCUT2D eigenvalue weighted by molar-refractivity contribution is 6.99. The number of hydrogen-bond acceptors (Lipinski definition) is 4. The molecule has 0 bridgehead atoms. The molecule has 310 valence electrons. The zero-order valence-corrected chi connectivity index (χ0v) is 39.3. The molecule has 4 rings (SSSR count). The second-order valence-electron chi connectivity index (χ2n) is 18.2. The fourth-order valence-corrected chi connectivity index (χ4v) is 19.3. The average molecular weight is 807 g/mol. The van der Waals surface area contributed by atoms with Crippen LogP contribution in [0, 0.1) is 17.8 Å². The van der Waals surface area contributed by atoms with Crippen molar-refractivity contribution in [3.63, 3.8) is 0 Å². The number of methoxy groups -OCH3 is 1. The van der Waals surface area contributed by atoms with Crippen LogP contribution in [0.1, 0.15) is 93.7 Å². The van der Waals surface area contributed by atoms with Crippen LogP contribution in [0.2, 0.25) is 21.7 Å².